The number of halogens is 1. The van der Waals surface area contributed by atoms with Gasteiger partial charge in [0.15, 0.2) is 0 Å². The van der Waals surface area contributed by atoms with Gasteiger partial charge in [-0.1, -0.05) is 85.8 Å². The molecule has 0 bridgehead atoms. The average Bonchev–Trinajstić information content (AvgIpc) is 2.99. The number of benzene rings is 3. The van der Waals surface area contributed by atoms with Crippen LogP contribution >= 0.6 is 11.6 Å². The predicted molar refractivity (Wildman–Crippen MR) is 173 cm³/mol. The van der Waals surface area contributed by atoms with E-state index in [9.17, 15) is 18.0 Å². The van der Waals surface area contributed by atoms with Crippen molar-refractivity contribution in [2.45, 2.75) is 89.7 Å². The van der Waals surface area contributed by atoms with Crippen molar-refractivity contribution in [2.24, 2.45) is 0 Å². The summed E-state index contributed by atoms with van der Waals surface area (Å²) in [5.41, 5.74) is 3.69. The minimum Gasteiger partial charge on any atom is -0.352 e. The molecular formula is C34H42ClN3O4S. The number of hydrogen-bond donors (Lipinski definition) is 1. The number of carbonyl (C=O) groups is 2. The van der Waals surface area contributed by atoms with E-state index in [1.807, 2.05) is 52.0 Å². The van der Waals surface area contributed by atoms with Gasteiger partial charge >= 0.3 is 0 Å². The van der Waals surface area contributed by atoms with Gasteiger partial charge in [-0.25, -0.2) is 8.42 Å². The molecule has 9 heteroatoms. The van der Waals surface area contributed by atoms with E-state index in [2.05, 4.69) is 5.32 Å². The van der Waals surface area contributed by atoms with Crippen molar-refractivity contribution in [3.63, 3.8) is 0 Å². The molecule has 1 N–H and O–H groups in total. The van der Waals surface area contributed by atoms with E-state index in [-0.39, 0.29) is 23.4 Å². The van der Waals surface area contributed by atoms with Crippen molar-refractivity contribution in [3.8, 4) is 0 Å². The normalized spacial score (nSPS) is 14.6. The van der Waals surface area contributed by atoms with Crippen LogP contribution in [0.3, 0.4) is 0 Å². The number of anilines is 1. The largest absolute Gasteiger partial charge is 0.352 e. The molecule has 1 unspecified atom stereocenters. The lowest BCUT2D eigenvalue weighted by Crippen LogP contribution is -2.54. The van der Waals surface area contributed by atoms with E-state index in [4.69, 9.17) is 11.6 Å². The van der Waals surface area contributed by atoms with Crippen LogP contribution in [0.25, 0.3) is 0 Å². The van der Waals surface area contributed by atoms with Crippen LogP contribution in [0.15, 0.2) is 71.6 Å². The van der Waals surface area contributed by atoms with Gasteiger partial charge in [-0.05, 0) is 81.0 Å². The third-order valence-corrected chi connectivity index (χ3v) is 10.5. The van der Waals surface area contributed by atoms with Crippen LogP contribution < -0.4 is 9.62 Å². The van der Waals surface area contributed by atoms with E-state index >= 15 is 0 Å². The molecule has 43 heavy (non-hydrogen) atoms. The summed E-state index contributed by atoms with van der Waals surface area (Å²) in [6.07, 6.45) is 5.47. The van der Waals surface area contributed by atoms with Crippen LogP contribution in [0, 0.1) is 20.8 Å². The first-order chi connectivity index (χ1) is 20.5. The topological polar surface area (TPSA) is 86.8 Å². The van der Waals surface area contributed by atoms with Gasteiger partial charge in [-0.3, -0.25) is 13.9 Å². The second kappa shape index (κ2) is 14.4. The van der Waals surface area contributed by atoms with Gasteiger partial charge in [-0.15, -0.1) is 0 Å². The fourth-order valence-electron chi connectivity index (χ4n) is 5.63. The second-order valence-electron chi connectivity index (χ2n) is 11.4. The summed E-state index contributed by atoms with van der Waals surface area (Å²) in [4.78, 5) is 29.6. The number of nitrogens with zero attached hydrogens (tertiary/aromatic N) is 2. The lowest BCUT2D eigenvalue weighted by Gasteiger charge is -2.35. The van der Waals surface area contributed by atoms with E-state index in [1.165, 1.54) is 9.21 Å². The quantitative estimate of drug-likeness (QED) is 0.257. The van der Waals surface area contributed by atoms with E-state index in [0.29, 0.717) is 22.7 Å². The standard InChI is InChI=1S/C34H42ClN3O4S/c1-5-31(34(40)36-28-14-7-6-8-15-28)37(22-27-13-9-10-16-30(27)35)33(39)23-38(32-17-11-12-25(3)26(32)4)43(41,42)29-20-18-24(2)19-21-29/h9-13,16-21,28,31H,5-8,14-15,22-23H2,1-4H3,(H,36,40). The van der Waals surface area contributed by atoms with Gasteiger partial charge < -0.3 is 10.2 Å². The molecule has 0 saturated heterocycles. The summed E-state index contributed by atoms with van der Waals surface area (Å²) >= 11 is 6.52. The van der Waals surface area contributed by atoms with Gasteiger partial charge in [-0.2, -0.15) is 0 Å². The molecule has 1 fully saturated rings. The van der Waals surface area contributed by atoms with Gasteiger partial charge in [0.1, 0.15) is 12.6 Å². The summed E-state index contributed by atoms with van der Waals surface area (Å²) in [6, 6.07) is 18.5. The molecule has 3 aromatic rings. The Hall–Kier alpha value is -3.36. The number of hydrogen-bond acceptors (Lipinski definition) is 4. The second-order valence-corrected chi connectivity index (χ2v) is 13.7. The highest BCUT2D eigenvalue weighted by atomic mass is 35.5. The molecule has 1 atom stereocenters. The molecule has 2 amide bonds. The smallest absolute Gasteiger partial charge is 0.264 e. The molecule has 3 aromatic carbocycles. The van der Waals surface area contributed by atoms with Gasteiger partial charge in [0.2, 0.25) is 11.8 Å². The summed E-state index contributed by atoms with van der Waals surface area (Å²) in [5, 5.41) is 3.64. The molecule has 1 aliphatic carbocycles. The van der Waals surface area contributed by atoms with Crippen LogP contribution in [0.1, 0.15) is 67.7 Å². The van der Waals surface area contributed by atoms with Gasteiger partial charge in [0.25, 0.3) is 10.0 Å². The van der Waals surface area contributed by atoms with Crippen molar-refractivity contribution in [2.75, 3.05) is 10.8 Å². The highest BCUT2D eigenvalue weighted by Crippen LogP contribution is 2.30. The molecule has 0 radical (unpaired) electrons. The lowest BCUT2D eigenvalue weighted by atomic mass is 9.95. The van der Waals surface area contributed by atoms with E-state index in [1.54, 1.807) is 42.5 Å². The van der Waals surface area contributed by atoms with Crippen molar-refractivity contribution in [1.29, 1.82) is 0 Å². The number of rotatable bonds is 11. The maximum atomic E-state index is 14.4. The van der Waals surface area contributed by atoms with Crippen LogP contribution in [-0.2, 0) is 26.2 Å². The van der Waals surface area contributed by atoms with Gasteiger partial charge in [0.05, 0.1) is 10.6 Å². The van der Waals surface area contributed by atoms with Crippen molar-refractivity contribution >= 4 is 39.1 Å². The maximum Gasteiger partial charge on any atom is 0.264 e. The summed E-state index contributed by atoms with van der Waals surface area (Å²) in [7, 11) is -4.14. The zero-order chi connectivity index (χ0) is 31.1. The molecule has 0 aliphatic heterocycles. The Labute approximate surface area is 261 Å². The molecule has 4 rings (SSSR count). The lowest BCUT2D eigenvalue weighted by molar-refractivity contribution is -0.140. The summed E-state index contributed by atoms with van der Waals surface area (Å²) in [6.45, 7) is 7.10. The van der Waals surface area contributed by atoms with Crippen LogP contribution in [0.5, 0.6) is 0 Å². The minimum atomic E-state index is -4.14. The Morgan fingerprint density at radius 1 is 0.930 bits per heavy atom. The zero-order valence-corrected chi connectivity index (χ0v) is 27.0. The van der Waals surface area contributed by atoms with Crippen molar-refractivity contribution in [1.82, 2.24) is 10.2 Å². The zero-order valence-electron chi connectivity index (χ0n) is 25.5. The first-order valence-electron chi connectivity index (χ1n) is 15.0. The Morgan fingerprint density at radius 2 is 1.60 bits per heavy atom. The molecule has 0 aromatic heterocycles. The Kier molecular flexibility index (Phi) is 10.9. The SMILES string of the molecule is CCC(C(=O)NC1CCCCC1)N(Cc1ccccc1Cl)C(=O)CN(c1cccc(C)c1C)S(=O)(=O)c1ccc(C)cc1. The van der Waals surface area contributed by atoms with Gasteiger partial charge in [0, 0.05) is 17.6 Å². The maximum absolute atomic E-state index is 14.4. The fraction of sp³-hybridized carbons (Fsp3) is 0.412. The predicted octanol–water partition coefficient (Wildman–Crippen LogP) is 6.72. The Bertz CT molecular complexity index is 1540. The fourth-order valence-corrected chi connectivity index (χ4v) is 7.30. The summed E-state index contributed by atoms with van der Waals surface area (Å²) in [5.74, 6) is -0.711. The number of amides is 2. The Morgan fingerprint density at radius 3 is 2.26 bits per heavy atom. The van der Waals surface area contributed by atoms with Crippen LogP contribution in [-0.4, -0.2) is 43.8 Å². The number of sulfonamides is 1. The number of nitrogens with one attached hydrogen (secondary N) is 1. The third kappa shape index (κ3) is 7.78. The van der Waals surface area contributed by atoms with Crippen LogP contribution in [0.4, 0.5) is 5.69 Å². The minimum absolute atomic E-state index is 0.0698. The van der Waals surface area contributed by atoms with E-state index < -0.39 is 28.5 Å². The molecule has 230 valence electrons. The molecule has 1 aliphatic rings. The molecule has 0 heterocycles. The molecule has 7 nitrogen and oxygen atoms in total. The first-order valence-corrected chi connectivity index (χ1v) is 16.8. The molecular weight excluding hydrogens is 582 g/mol. The molecule has 1 saturated carbocycles. The number of aryl methyl sites for hydroxylation is 2. The average molecular weight is 624 g/mol. The Balaban J connectivity index is 1.75. The van der Waals surface area contributed by atoms with E-state index in [0.717, 1.165) is 48.8 Å². The third-order valence-electron chi connectivity index (χ3n) is 8.37. The monoisotopic (exact) mass is 623 g/mol. The highest BCUT2D eigenvalue weighted by molar-refractivity contribution is 7.92. The first kappa shape index (κ1) is 32.6. The highest BCUT2D eigenvalue weighted by Gasteiger charge is 2.35. The van der Waals surface area contributed by atoms with Crippen molar-refractivity contribution in [3.05, 3.63) is 94.0 Å². The van der Waals surface area contributed by atoms with Crippen molar-refractivity contribution < 1.29 is 18.0 Å². The van der Waals surface area contributed by atoms with Crippen LogP contribution in [0.2, 0.25) is 5.02 Å². The molecule has 0 spiro atoms. The summed E-state index contributed by atoms with van der Waals surface area (Å²) < 4.78 is 29.5. The number of carbonyl (C=O) groups excluding carboxylic acids is 2.